The van der Waals surface area contributed by atoms with Crippen molar-refractivity contribution >= 4 is 0 Å². The number of hydrogen-bond acceptors (Lipinski definition) is 3. The fourth-order valence-electron chi connectivity index (χ4n) is 3.25. The fourth-order valence-corrected chi connectivity index (χ4v) is 3.25. The predicted molar refractivity (Wildman–Crippen MR) is 88.8 cm³/mol. The van der Waals surface area contributed by atoms with Crippen LogP contribution in [0.4, 0.5) is 0 Å². The highest BCUT2D eigenvalue weighted by molar-refractivity contribution is 5.31. The molecule has 2 rings (SSSR count). The molecule has 1 aliphatic heterocycles. The van der Waals surface area contributed by atoms with E-state index in [1.165, 1.54) is 16.7 Å². The molecule has 0 aliphatic carbocycles. The highest BCUT2D eigenvalue weighted by Crippen LogP contribution is 2.19. The number of rotatable bonds is 5. The maximum atomic E-state index is 5.76. The maximum Gasteiger partial charge on any atom is 0.0673 e. The summed E-state index contributed by atoms with van der Waals surface area (Å²) in [5, 5.41) is 3.65. The number of aryl methyl sites for hydroxylation is 2. The van der Waals surface area contributed by atoms with E-state index in [0.717, 1.165) is 39.2 Å². The van der Waals surface area contributed by atoms with E-state index in [2.05, 4.69) is 56.1 Å². The van der Waals surface area contributed by atoms with E-state index in [9.17, 15) is 0 Å². The van der Waals surface area contributed by atoms with Crippen LogP contribution in [0.3, 0.4) is 0 Å². The van der Waals surface area contributed by atoms with Crippen LogP contribution in [0.15, 0.2) is 18.2 Å². The van der Waals surface area contributed by atoms with E-state index in [0.29, 0.717) is 12.1 Å². The van der Waals surface area contributed by atoms with Gasteiger partial charge in [-0.2, -0.15) is 0 Å². The van der Waals surface area contributed by atoms with Crippen molar-refractivity contribution in [2.75, 3.05) is 32.8 Å². The lowest BCUT2D eigenvalue weighted by Gasteiger charge is -2.28. The minimum atomic E-state index is 0.342. The smallest absolute Gasteiger partial charge is 0.0673 e. The van der Waals surface area contributed by atoms with Crippen molar-refractivity contribution in [3.63, 3.8) is 0 Å². The van der Waals surface area contributed by atoms with Crippen LogP contribution in [0.25, 0.3) is 0 Å². The van der Waals surface area contributed by atoms with E-state index < -0.39 is 0 Å². The average molecular weight is 290 g/mol. The molecule has 0 spiro atoms. The Balaban J connectivity index is 2.10. The average Bonchev–Trinajstić information content (AvgIpc) is 2.61. The molecule has 1 heterocycles. The van der Waals surface area contributed by atoms with Crippen LogP contribution in [0.2, 0.25) is 0 Å². The molecule has 1 saturated heterocycles. The van der Waals surface area contributed by atoms with E-state index in [1.54, 1.807) is 0 Å². The summed E-state index contributed by atoms with van der Waals surface area (Å²) in [6.07, 6.45) is 1.48. The van der Waals surface area contributed by atoms with Gasteiger partial charge in [0.05, 0.1) is 6.10 Å². The van der Waals surface area contributed by atoms with Crippen molar-refractivity contribution in [1.29, 1.82) is 0 Å². The largest absolute Gasteiger partial charge is 0.377 e. The van der Waals surface area contributed by atoms with Crippen molar-refractivity contribution in [1.82, 2.24) is 10.2 Å². The molecule has 1 aromatic carbocycles. The minimum absolute atomic E-state index is 0.342. The second-order valence-electron chi connectivity index (χ2n) is 6.33. The zero-order valence-electron chi connectivity index (χ0n) is 14.0. The summed E-state index contributed by atoms with van der Waals surface area (Å²) in [5.41, 5.74) is 4.10. The van der Waals surface area contributed by atoms with Gasteiger partial charge in [-0.3, -0.25) is 4.90 Å². The van der Waals surface area contributed by atoms with Crippen LogP contribution in [0.5, 0.6) is 0 Å². The van der Waals surface area contributed by atoms with E-state index in [-0.39, 0.29) is 0 Å². The maximum absolute atomic E-state index is 5.76. The molecular weight excluding hydrogens is 260 g/mol. The molecule has 0 aromatic heterocycles. The van der Waals surface area contributed by atoms with Crippen molar-refractivity contribution in [3.05, 3.63) is 34.9 Å². The van der Waals surface area contributed by atoms with Gasteiger partial charge in [0.2, 0.25) is 0 Å². The number of ether oxygens (including phenoxy) is 1. The van der Waals surface area contributed by atoms with Crippen LogP contribution in [-0.2, 0) is 4.74 Å². The molecule has 0 bridgehead atoms. The fraction of sp³-hybridized carbons (Fsp3) is 0.667. The summed E-state index contributed by atoms with van der Waals surface area (Å²) >= 11 is 0. The Labute approximate surface area is 129 Å². The third-order valence-electron chi connectivity index (χ3n) is 4.07. The molecule has 0 saturated carbocycles. The van der Waals surface area contributed by atoms with Gasteiger partial charge in [-0.1, -0.05) is 36.2 Å². The van der Waals surface area contributed by atoms with Crippen molar-refractivity contribution in [2.24, 2.45) is 0 Å². The molecule has 118 valence electrons. The molecule has 2 unspecified atom stereocenters. The first-order valence-corrected chi connectivity index (χ1v) is 8.24. The highest BCUT2D eigenvalue weighted by Gasteiger charge is 2.20. The van der Waals surface area contributed by atoms with Crippen LogP contribution < -0.4 is 5.32 Å². The first-order chi connectivity index (χ1) is 10.1. The minimum Gasteiger partial charge on any atom is -0.377 e. The third-order valence-corrected chi connectivity index (χ3v) is 4.07. The first kappa shape index (κ1) is 16.5. The molecule has 0 radical (unpaired) electrons. The Morgan fingerprint density at radius 1 is 1.29 bits per heavy atom. The molecular formula is C18H30N2O. The van der Waals surface area contributed by atoms with Crippen molar-refractivity contribution < 1.29 is 4.74 Å². The standard InChI is InChI=1S/C18H30N2O/c1-5-19-18(17-10-14(2)9-15(3)11-17)13-20-7-6-8-21-16(4)12-20/h9-11,16,18-19H,5-8,12-13H2,1-4H3. The second-order valence-corrected chi connectivity index (χ2v) is 6.33. The Bertz CT molecular complexity index is 427. The van der Waals surface area contributed by atoms with E-state index >= 15 is 0 Å². The number of nitrogens with one attached hydrogen (secondary N) is 1. The summed E-state index contributed by atoms with van der Waals surface area (Å²) in [6.45, 7) is 13.8. The molecule has 2 atom stereocenters. The molecule has 1 N–H and O–H groups in total. The molecule has 21 heavy (non-hydrogen) atoms. The number of benzene rings is 1. The molecule has 1 aromatic rings. The van der Waals surface area contributed by atoms with Crippen LogP contribution in [-0.4, -0.2) is 43.8 Å². The summed E-state index contributed by atoms with van der Waals surface area (Å²) in [6, 6.07) is 7.28. The molecule has 0 amide bonds. The zero-order chi connectivity index (χ0) is 15.2. The lowest BCUT2D eigenvalue weighted by molar-refractivity contribution is 0.0664. The SMILES string of the molecule is CCNC(CN1CCCOC(C)C1)c1cc(C)cc(C)c1. The Kier molecular flexibility index (Phi) is 6.22. The monoisotopic (exact) mass is 290 g/mol. The van der Waals surface area contributed by atoms with Crippen LogP contribution >= 0.6 is 0 Å². The van der Waals surface area contributed by atoms with Gasteiger partial charge in [0.1, 0.15) is 0 Å². The van der Waals surface area contributed by atoms with Gasteiger partial charge >= 0.3 is 0 Å². The summed E-state index contributed by atoms with van der Waals surface area (Å²) in [7, 11) is 0. The predicted octanol–water partition coefficient (Wildman–Crippen LogP) is 3.06. The third kappa shape index (κ3) is 5.10. The second kappa shape index (κ2) is 7.92. The number of hydrogen-bond donors (Lipinski definition) is 1. The summed E-state index contributed by atoms with van der Waals surface area (Å²) < 4.78 is 5.76. The Hall–Kier alpha value is -0.900. The van der Waals surface area contributed by atoms with Gasteiger partial charge in [0.15, 0.2) is 0 Å². The van der Waals surface area contributed by atoms with Gasteiger partial charge < -0.3 is 10.1 Å². The zero-order valence-corrected chi connectivity index (χ0v) is 14.0. The Morgan fingerprint density at radius 3 is 2.67 bits per heavy atom. The molecule has 3 heteroatoms. The van der Waals surface area contributed by atoms with E-state index in [1.807, 2.05) is 0 Å². The van der Waals surface area contributed by atoms with Crippen LogP contribution in [0.1, 0.15) is 43.0 Å². The summed E-state index contributed by atoms with van der Waals surface area (Å²) in [4.78, 5) is 2.54. The van der Waals surface area contributed by atoms with Crippen LogP contribution in [0, 0.1) is 13.8 Å². The van der Waals surface area contributed by atoms with Crippen molar-refractivity contribution in [3.8, 4) is 0 Å². The van der Waals surface area contributed by atoms with E-state index in [4.69, 9.17) is 4.74 Å². The van der Waals surface area contributed by atoms with Gasteiger partial charge in [0, 0.05) is 32.3 Å². The quantitative estimate of drug-likeness (QED) is 0.902. The molecule has 1 aliphatic rings. The van der Waals surface area contributed by atoms with Gasteiger partial charge in [0.25, 0.3) is 0 Å². The van der Waals surface area contributed by atoms with Crippen molar-refractivity contribution in [2.45, 2.75) is 46.3 Å². The number of likely N-dealkylation sites (N-methyl/N-ethyl adjacent to an activating group) is 1. The normalized spacial score (nSPS) is 22.0. The van der Waals surface area contributed by atoms with Gasteiger partial charge in [-0.15, -0.1) is 0 Å². The molecule has 3 nitrogen and oxygen atoms in total. The Morgan fingerprint density at radius 2 is 2.00 bits per heavy atom. The van der Waals surface area contributed by atoms with Gasteiger partial charge in [-0.05, 0) is 39.3 Å². The molecule has 1 fully saturated rings. The summed E-state index contributed by atoms with van der Waals surface area (Å²) in [5.74, 6) is 0. The lowest BCUT2D eigenvalue weighted by atomic mass is 10.0. The topological polar surface area (TPSA) is 24.5 Å². The lowest BCUT2D eigenvalue weighted by Crippen LogP contribution is -2.38. The highest BCUT2D eigenvalue weighted by atomic mass is 16.5. The number of nitrogens with zero attached hydrogens (tertiary/aromatic N) is 1. The van der Waals surface area contributed by atoms with Gasteiger partial charge in [-0.25, -0.2) is 0 Å². The first-order valence-electron chi connectivity index (χ1n) is 8.24.